The highest BCUT2D eigenvalue weighted by Gasteiger charge is 2.08. The summed E-state index contributed by atoms with van der Waals surface area (Å²) in [7, 11) is 0. The fraction of sp³-hybridized carbons (Fsp3) is 0.118. The van der Waals surface area contributed by atoms with E-state index in [4.69, 9.17) is 11.5 Å². The van der Waals surface area contributed by atoms with E-state index in [0.29, 0.717) is 23.5 Å². The molecule has 2 aromatic carbocycles. The number of aromatic amines is 1. The van der Waals surface area contributed by atoms with Crippen molar-refractivity contribution in [2.24, 2.45) is 0 Å². The van der Waals surface area contributed by atoms with Crippen molar-refractivity contribution in [2.75, 3.05) is 18.0 Å². The van der Waals surface area contributed by atoms with Crippen molar-refractivity contribution in [3.8, 4) is 0 Å². The van der Waals surface area contributed by atoms with Crippen LogP contribution in [0.2, 0.25) is 0 Å². The van der Waals surface area contributed by atoms with Gasteiger partial charge in [0.25, 0.3) is 5.91 Å². The Labute approximate surface area is 128 Å². The van der Waals surface area contributed by atoms with Crippen LogP contribution in [0.3, 0.4) is 0 Å². The standard InChI is InChI=1S/C17H18N4O/c18-14-6-5-11(9-15(14)19)17(22)20-8-7-12-10-21-16-4-2-1-3-13(12)16/h1-6,9-10,21H,7-8,18-19H2,(H,20,22). The second kappa shape index (κ2) is 5.81. The molecule has 1 amide bonds. The van der Waals surface area contributed by atoms with E-state index in [0.717, 1.165) is 11.9 Å². The second-order valence-corrected chi connectivity index (χ2v) is 5.21. The number of nitrogens with two attached hydrogens (primary N) is 2. The number of nitrogen functional groups attached to an aromatic ring is 2. The molecule has 6 N–H and O–H groups in total. The van der Waals surface area contributed by atoms with Crippen LogP contribution in [0, 0.1) is 0 Å². The van der Waals surface area contributed by atoms with Gasteiger partial charge in [-0.25, -0.2) is 0 Å². The van der Waals surface area contributed by atoms with Gasteiger partial charge in [0.15, 0.2) is 0 Å². The van der Waals surface area contributed by atoms with Crippen LogP contribution in [0.25, 0.3) is 10.9 Å². The molecule has 0 radical (unpaired) electrons. The Bertz CT molecular complexity index is 822. The van der Waals surface area contributed by atoms with Crippen LogP contribution in [0.15, 0.2) is 48.7 Å². The molecular weight excluding hydrogens is 276 g/mol. The molecule has 0 unspecified atom stereocenters. The summed E-state index contributed by atoms with van der Waals surface area (Å²) in [5, 5.41) is 4.09. The normalized spacial score (nSPS) is 10.7. The van der Waals surface area contributed by atoms with E-state index < -0.39 is 0 Å². The summed E-state index contributed by atoms with van der Waals surface area (Å²) in [6.45, 7) is 0.560. The summed E-state index contributed by atoms with van der Waals surface area (Å²) in [5.74, 6) is -0.147. The molecule has 0 bridgehead atoms. The number of carbonyl (C=O) groups excluding carboxylic acids is 1. The van der Waals surface area contributed by atoms with E-state index in [1.54, 1.807) is 18.2 Å². The molecule has 3 rings (SSSR count). The summed E-state index contributed by atoms with van der Waals surface area (Å²) >= 11 is 0. The predicted octanol–water partition coefficient (Wildman–Crippen LogP) is 2.30. The summed E-state index contributed by atoms with van der Waals surface area (Å²) in [4.78, 5) is 15.3. The van der Waals surface area contributed by atoms with E-state index in [1.165, 1.54) is 10.9 Å². The molecular formula is C17H18N4O. The summed E-state index contributed by atoms with van der Waals surface area (Å²) in [6.07, 6.45) is 2.75. The van der Waals surface area contributed by atoms with Gasteiger partial charge in [-0.1, -0.05) is 18.2 Å². The highest BCUT2D eigenvalue weighted by molar-refractivity contribution is 5.96. The largest absolute Gasteiger partial charge is 0.397 e. The quantitative estimate of drug-likeness (QED) is 0.556. The number of amides is 1. The fourth-order valence-electron chi connectivity index (χ4n) is 2.47. The molecule has 5 heteroatoms. The number of benzene rings is 2. The molecule has 0 aliphatic carbocycles. The Morgan fingerprint density at radius 2 is 1.91 bits per heavy atom. The van der Waals surface area contributed by atoms with Gasteiger partial charge in [0, 0.05) is 29.2 Å². The molecule has 112 valence electrons. The lowest BCUT2D eigenvalue weighted by molar-refractivity contribution is 0.0954. The summed E-state index contributed by atoms with van der Waals surface area (Å²) in [5.41, 5.74) is 15.1. The lowest BCUT2D eigenvalue weighted by atomic mass is 10.1. The molecule has 22 heavy (non-hydrogen) atoms. The number of aromatic nitrogens is 1. The summed E-state index contributed by atoms with van der Waals surface area (Å²) in [6, 6.07) is 13.0. The van der Waals surface area contributed by atoms with Gasteiger partial charge in [-0.15, -0.1) is 0 Å². The van der Waals surface area contributed by atoms with Crippen LogP contribution in [0.1, 0.15) is 15.9 Å². The van der Waals surface area contributed by atoms with Crippen LogP contribution in [-0.2, 0) is 6.42 Å². The van der Waals surface area contributed by atoms with Crippen LogP contribution in [0.4, 0.5) is 11.4 Å². The number of para-hydroxylation sites is 1. The minimum Gasteiger partial charge on any atom is -0.397 e. The van der Waals surface area contributed by atoms with Crippen molar-refractivity contribution in [1.82, 2.24) is 10.3 Å². The van der Waals surface area contributed by atoms with Crippen molar-refractivity contribution >= 4 is 28.2 Å². The van der Waals surface area contributed by atoms with E-state index >= 15 is 0 Å². The molecule has 3 aromatic rings. The average molecular weight is 294 g/mol. The maximum Gasteiger partial charge on any atom is 0.251 e. The van der Waals surface area contributed by atoms with Crippen molar-refractivity contribution in [3.63, 3.8) is 0 Å². The molecule has 1 heterocycles. The van der Waals surface area contributed by atoms with Crippen molar-refractivity contribution < 1.29 is 4.79 Å². The smallest absolute Gasteiger partial charge is 0.251 e. The van der Waals surface area contributed by atoms with Crippen LogP contribution >= 0.6 is 0 Å². The lowest BCUT2D eigenvalue weighted by Gasteiger charge is -2.07. The molecule has 0 atom stereocenters. The first kappa shape index (κ1) is 14.0. The third kappa shape index (κ3) is 2.74. The number of anilines is 2. The molecule has 1 aromatic heterocycles. The van der Waals surface area contributed by atoms with Crippen LogP contribution in [0.5, 0.6) is 0 Å². The number of H-pyrrole nitrogens is 1. The highest BCUT2D eigenvalue weighted by Crippen LogP contribution is 2.18. The zero-order valence-corrected chi connectivity index (χ0v) is 12.1. The minimum atomic E-state index is -0.147. The van der Waals surface area contributed by atoms with Crippen molar-refractivity contribution in [2.45, 2.75) is 6.42 Å². The van der Waals surface area contributed by atoms with Crippen LogP contribution in [-0.4, -0.2) is 17.4 Å². The Balaban J connectivity index is 1.63. The molecule has 0 spiro atoms. The third-order valence-corrected chi connectivity index (χ3v) is 3.70. The number of hydrogen-bond acceptors (Lipinski definition) is 3. The Morgan fingerprint density at radius 3 is 2.73 bits per heavy atom. The fourth-order valence-corrected chi connectivity index (χ4v) is 2.47. The molecule has 0 aliphatic rings. The van der Waals surface area contributed by atoms with Crippen molar-refractivity contribution in [1.29, 1.82) is 0 Å². The Kier molecular flexibility index (Phi) is 3.70. The second-order valence-electron chi connectivity index (χ2n) is 5.21. The van der Waals surface area contributed by atoms with Crippen LogP contribution < -0.4 is 16.8 Å². The van der Waals surface area contributed by atoms with E-state index in [-0.39, 0.29) is 5.91 Å². The Hall–Kier alpha value is -2.95. The van der Waals surface area contributed by atoms with E-state index in [9.17, 15) is 4.79 Å². The van der Waals surface area contributed by atoms with E-state index in [1.807, 2.05) is 24.4 Å². The molecule has 0 fully saturated rings. The van der Waals surface area contributed by atoms with Crippen molar-refractivity contribution in [3.05, 3.63) is 59.8 Å². The van der Waals surface area contributed by atoms with Gasteiger partial charge < -0.3 is 21.8 Å². The molecule has 5 nitrogen and oxygen atoms in total. The third-order valence-electron chi connectivity index (χ3n) is 3.70. The predicted molar refractivity (Wildman–Crippen MR) is 89.6 cm³/mol. The number of hydrogen-bond donors (Lipinski definition) is 4. The van der Waals surface area contributed by atoms with Gasteiger partial charge in [-0.05, 0) is 36.2 Å². The highest BCUT2D eigenvalue weighted by atomic mass is 16.1. The van der Waals surface area contributed by atoms with Gasteiger partial charge in [-0.2, -0.15) is 0 Å². The van der Waals surface area contributed by atoms with Gasteiger partial charge in [0.2, 0.25) is 0 Å². The molecule has 0 aliphatic heterocycles. The maximum absolute atomic E-state index is 12.1. The monoisotopic (exact) mass is 294 g/mol. The number of nitrogens with one attached hydrogen (secondary N) is 2. The zero-order chi connectivity index (χ0) is 15.5. The lowest BCUT2D eigenvalue weighted by Crippen LogP contribution is -2.25. The van der Waals surface area contributed by atoms with Gasteiger partial charge in [0.1, 0.15) is 0 Å². The SMILES string of the molecule is Nc1ccc(C(=O)NCCc2c[nH]c3ccccc23)cc1N. The minimum absolute atomic E-state index is 0.147. The van der Waals surface area contributed by atoms with E-state index in [2.05, 4.69) is 16.4 Å². The zero-order valence-electron chi connectivity index (χ0n) is 12.1. The first-order valence-electron chi connectivity index (χ1n) is 7.13. The van der Waals surface area contributed by atoms with Gasteiger partial charge in [0.05, 0.1) is 11.4 Å². The first-order valence-corrected chi connectivity index (χ1v) is 7.13. The van der Waals surface area contributed by atoms with Gasteiger partial charge in [-0.3, -0.25) is 4.79 Å². The topological polar surface area (TPSA) is 96.9 Å². The molecule has 0 saturated carbocycles. The number of rotatable bonds is 4. The first-order chi connectivity index (χ1) is 10.6. The molecule has 0 saturated heterocycles. The maximum atomic E-state index is 12.1. The number of carbonyl (C=O) groups is 1. The van der Waals surface area contributed by atoms with Gasteiger partial charge >= 0.3 is 0 Å². The number of fused-ring (bicyclic) bond motifs is 1. The average Bonchev–Trinajstić information content (AvgIpc) is 2.93. The Morgan fingerprint density at radius 1 is 1.09 bits per heavy atom. The summed E-state index contributed by atoms with van der Waals surface area (Å²) < 4.78 is 0.